The lowest BCUT2D eigenvalue weighted by molar-refractivity contribution is -0.145. The molecule has 1 amide bonds. The Morgan fingerprint density at radius 2 is 1.89 bits per heavy atom. The zero-order chi connectivity index (χ0) is 13.7. The van der Waals surface area contributed by atoms with Gasteiger partial charge in [-0.15, -0.1) is 0 Å². The van der Waals surface area contributed by atoms with Gasteiger partial charge in [0.2, 0.25) is 0 Å². The van der Waals surface area contributed by atoms with E-state index < -0.39 is 11.5 Å². The lowest BCUT2D eigenvalue weighted by Crippen LogP contribution is -2.54. The molecule has 0 radical (unpaired) electrons. The Balaban J connectivity index is 2.17. The molecule has 5 heteroatoms. The van der Waals surface area contributed by atoms with Crippen LogP contribution in [0.1, 0.15) is 48.9 Å². The predicted molar refractivity (Wildman–Crippen MR) is 69.8 cm³/mol. The molecule has 0 aliphatic heterocycles. The summed E-state index contributed by atoms with van der Waals surface area (Å²) in [5.41, 5.74) is -0.726. The van der Waals surface area contributed by atoms with Gasteiger partial charge in [0.1, 0.15) is 5.54 Å². The second kappa shape index (κ2) is 5.82. The lowest BCUT2D eigenvalue weighted by atomic mass is 9.90. The van der Waals surface area contributed by atoms with Gasteiger partial charge in [-0.25, -0.2) is 4.79 Å². The van der Waals surface area contributed by atoms with Crippen LogP contribution in [-0.4, -0.2) is 27.5 Å². The van der Waals surface area contributed by atoms with Gasteiger partial charge in [0.25, 0.3) is 5.91 Å². The first kappa shape index (κ1) is 13.5. The molecule has 1 aliphatic rings. The van der Waals surface area contributed by atoms with Crippen LogP contribution in [-0.2, 0) is 4.79 Å². The highest BCUT2D eigenvalue weighted by Crippen LogP contribution is 2.27. The van der Waals surface area contributed by atoms with Crippen molar-refractivity contribution in [3.63, 3.8) is 0 Å². The van der Waals surface area contributed by atoms with Crippen LogP contribution in [0.25, 0.3) is 0 Å². The summed E-state index contributed by atoms with van der Waals surface area (Å²) in [6.45, 7) is 0. The molecule has 2 rings (SSSR count). The van der Waals surface area contributed by atoms with Gasteiger partial charge in [0.15, 0.2) is 0 Å². The predicted octanol–water partition coefficient (Wildman–Crippen LogP) is 1.99. The smallest absolute Gasteiger partial charge is 0.329 e. The second-order valence-corrected chi connectivity index (χ2v) is 5.00. The molecule has 1 saturated carbocycles. The van der Waals surface area contributed by atoms with E-state index in [1.165, 1.54) is 6.20 Å². The fourth-order valence-electron chi connectivity index (χ4n) is 2.51. The van der Waals surface area contributed by atoms with E-state index in [0.29, 0.717) is 18.4 Å². The topological polar surface area (TPSA) is 79.3 Å². The number of hydrogen-bond acceptors (Lipinski definition) is 3. The molecule has 0 unspecified atom stereocenters. The minimum Gasteiger partial charge on any atom is -0.480 e. The minimum absolute atomic E-state index is 0.364. The summed E-state index contributed by atoms with van der Waals surface area (Å²) in [5.74, 6) is -1.30. The Morgan fingerprint density at radius 3 is 2.42 bits per heavy atom. The van der Waals surface area contributed by atoms with Crippen molar-refractivity contribution in [1.82, 2.24) is 10.3 Å². The Labute approximate surface area is 112 Å². The Hall–Kier alpha value is -1.91. The highest BCUT2D eigenvalue weighted by atomic mass is 16.4. The third-order valence-electron chi connectivity index (χ3n) is 3.64. The van der Waals surface area contributed by atoms with Crippen molar-refractivity contribution >= 4 is 11.9 Å². The first-order valence-electron chi connectivity index (χ1n) is 6.60. The molecule has 0 spiro atoms. The standard InChI is InChI=1S/C14H18N2O3/c17-12(11-6-5-9-15-10-11)16-14(13(18)19)7-3-1-2-4-8-14/h5-6,9-10H,1-4,7-8H2,(H,16,17)(H,18,19). The molecule has 1 heterocycles. The maximum atomic E-state index is 12.1. The summed E-state index contributed by atoms with van der Waals surface area (Å²) < 4.78 is 0. The van der Waals surface area contributed by atoms with Gasteiger partial charge in [-0.3, -0.25) is 9.78 Å². The number of hydrogen-bond donors (Lipinski definition) is 2. The zero-order valence-corrected chi connectivity index (χ0v) is 10.8. The number of nitrogens with zero attached hydrogens (tertiary/aromatic N) is 1. The third-order valence-corrected chi connectivity index (χ3v) is 3.64. The molecule has 0 saturated heterocycles. The summed E-state index contributed by atoms with van der Waals surface area (Å²) >= 11 is 0. The van der Waals surface area contributed by atoms with Gasteiger partial charge in [0.05, 0.1) is 5.56 Å². The number of pyridine rings is 1. The molecule has 1 aromatic heterocycles. The summed E-state index contributed by atoms with van der Waals surface area (Å²) in [6.07, 6.45) is 7.73. The summed E-state index contributed by atoms with van der Waals surface area (Å²) in [5, 5.41) is 12.2. The number of carboxylic acid groups (broad SMARTS) is 1. The lowest BCUT2D eigenvalue weighted by Gasteiger charge is -2.29. The van der Waals surface area contributed by atoms with Crippen LogP contribution in [0.3, 0.4) is 0 Å². The van der Waals surface area contributed by atoms with E-state index in [9.17, 15) is 14.7 Å². The van der Waals surface area contributed by atoms with E-state index >= 15 is 0 Å². The largest absolute Gasteiger partial charge is 0.480 e. The maximum Gasteiger partial charge on any atom is 0.329 e. The van der Waals surface area contributed by atoms with Gasteiger partial charge < -0.3 is 10.4 Å². The maximum absolute atomic E-state index is 12.1. The van der Waals surface area contributed by atoms with Crippen LogP contribution in [0.15, 0.2) is 24.5 Å². The molecule has 0 atom stereocenters. The molecule has 0 bridgehead atoms. The van der Waals surface area contributed by atoms with Crippen molar-refractivity contribution in [2.75, 3.05) is 0 Å². The van der Waals surface area contributed by atoms with Crippen molar-refractivity contribution < 1.29 is 14.7 Å². The zero-order valence-electron chi connectivity index (χ0n) is 10.8. The Bertz CT molecular complexity index is 451. The summed E-state index contributed by atoms with van der Waals surface area (Å²) in [6, 6.07) is 3.30. The molecule has 102 valence electrons. The van der Waals surface area contributed by atoms with Crippen LogP contribution in [0.5, 0.6) is 0 Å². The molecule has 2 N–H and O–H groups in total. The number of nitrogens with one attached hydrogen (secondary N) is 1. The minimum atomic E-state index is -1.12. The number of amides is 1. The van der Waals surface area contributed by atoms with E-state index in [1.807, 2.05) is 0 Å². The monoisotopic (exact) mass is 262 g/mol. The quantitative estimate of drug-likeness (QED) is 0.816. The average molecular weight is 262 g/mol. The van der Waals surface area contributed by atoms with Crippen molar-refractivity contribution in [3.8, 4) is 0 Å². The number of rotatable bonds is 3. The molecule has 19 heavy (non-hydrogen) atoms. The second-order valence-electron chi connectivity index (χ2n) is 5.00. The number of aliphatic carboxylic acids is 1. The first-order chi connectivity index (χ1) is 9.14. The van der Waals surface area contributed by atoms with E-state index in [0.717, 1.165) is 25.7 Å². The molecular formula is C14H18N2O3. The van der Waals surface area contributed by atoms with Crippen molar-refractivity contribution in [3.05, 3.63) is 30.1 Å². The number of carboxylic acids is 1. The Kier molecular flexibility index (Phi) is 4.14. The average Bonchev–Trinajstić information content (AvgIpc) is 2.66. The normalized spacial score (nSPS) is 18.3. The van der Waals surface area contributed by atoms with Crippen molar-refractivity contribution in [2.45, 2.75) is 44.1 Å². The molecule has 0 aromatic carbocycles. The van der Waals surface area contributed by atoms with E-state index in [-0.39, 0.29) is 5.91 Å². The van der Waals surface area contributed by atoms with Gasteiger partial charge in [-0.05, 0) is 25.0 Å². The van der Waals surface area contributed by atoms with Crippen LogP contribution in [0.2, 0.25) is 0 Å². The SMILES string of the molecule is O=C(NC1(C(=O)O)CCCCCC1)c1cccnc1. The summed E-state index contributed by atoms with van der Waals surface area (Å²) in [4.78, 5) is 27.6. The molecule has 5 nitrogen and oxygen atoms in total. The van der Waals surface area contributed by atoms with E-state index in [2.05, 4.69) is 10.3 Å². The van der Waals surface area contributed by atoms with Crippen LogP contribution >= 0.6 is 0 Å². The van der Waals surface area contributed by atoms with Gasteiger partial charge >= 0.3 is 5.97 Å². The molecular weight excluding hydrogens is 244 g/mol. The van der Waals surface area contributed by atoms with Gasteiger partial charge in [-0.2, -0.15) is 0 Å². The number of carbonyl (C=O) groups is 2. The molecule has 1 aromatic rings. The number of aromatic nitrogens is 1. The highest BCUT2D eigenvalue weighted by molar-refractivity contribution is 5.97. The highest BCUT2D eigenvalue weighted by Gasteiger charge is 2.40. The summed E-state index contributed by atoms with van der Waals surface area (Å²) in [7, 11) is 0. The van der Waals surface area contributed by atoms with Gasteiger partial charge in [0, 0.05) is 12.4 Å². The van der Waals surface area contributed by atoms with Crippen LogP contribution in [0.4, 0.5) is 0 Å². The third kappa shape index (κ3) is 3.10. The van der Waals surface area contributed by atoms with Crippen molar-refractivity contribution in [2.24, 2.45) is 0 Å². The fraction of sp³-hybridized carbons (Fsp3) is 0.500. The van der Waals surface area contributed by atoms with Gasteiger partial charge in [-0.1, -0.05) is 25.7 Å². The van der Waals surface area contributed by atoms with E-state index in [1.54, 1.807) is 18.3 Å². The number of carbonyl (C=O) groups excluding carboxylic acids is 1. The first-order valence-corrected chi connectivity index (χ1v) is 6.60. The molecule has 1 fully saturated rings. The van der Waals surface area contributed by atoms with Crippen LogP contribution < -0.4 is 5.32 Å². The fourth-order valence-corrected chi connectivity index (χ4v) is 2.51. The van der Waals surface area contributed by atoms with Crippen molar-refractivity contribution in [1.29, 1.82) is 0 Å². The van der Waals surface area contributed by atoms with E-state index in [4.69, 9.17) is 0 Å². The van der Waals surface area contributed by atoms with Crippen LogP contribution in [0, 0.1) is 0 Å². The molecule has 1 aliphatic carbocycles. The Morgan fingerprint density at radius 1 is 1.21 bits per heavy atom.